The summed E-state index contributed by atoms with van der Waals surface area (Å²) >= 11 is 0. The Bertz CT molecular complexity index is 424. The van der Waals surface area contributed by atoms with E-state index in [4.69, 9.17) is 14.7 Å². The normalized spacial score (nSPS) is 23.7. The average Bonchev–Trinajstić information content (AvgIpc) is 2.38. The lowest BCUT2D eigenvalue weighted by Crippen LogP contribution is -2.48. The van der Waals surface area contributed by atoms with Crippen molar-refractivity contribution < 1.29 is 9.47 Å². The van der Waals surface area contributed by atoms with Crippen molar-refractivity contribution in [1.82, 2.24) is 0 Å². The Labute approximate surface area is 108 Å². The van der Waals surface area contributed by atoms with Crippen LogP contribution in [0.25, 0.3) is 0 Å². The molecule has 4 nitrogen and oxygen atoms in total. The number of hydrogen-bond donors (Lipinski definition) is 0. The summed E-state index contributed by atoms with van der Waals surface area (Å²) in [7, 11) is 1.69. The van der Waals surface area contributed by atoms with Crippen LogP contribution in [0, 0.1) is 11.3 Å². The summed E-state index contributed by atoms with van der Waals surface area (Å²) in [6.45, 7) is 4.37. The van der Waals surface area contributed by atoms with Crippen LogP contribution in [0.2, 0.25) is 0 Å². The van der Waals surface area contributed by atoms with Gasteiger partial charge in [0.15, 0.2) is 0 Å². The number of anilines is 1. The molecule has 1 aliphatic rings. The van der Waals surface area contributed by atoms with E-state index < -0.39 is 0 Å². The van der Waals surface area contributed by atoms with Gasteiger partial charge in [-0.1, -0.05) is 0 Å². The van der Waals surface area contributed by atoms with Crippen LogP contribution < -0.4 is 4.90 Å². The Morgan fingerprint density at radius 3 is 2.72 bits per heavy atom. The number of morpholine rings is 1. The van der Waals surface area contributed by atoms with E-state index in [-0.39, 0.29) is 12.2 Å². The molecule has 18 heavy (non-hydrogen) atoms. The van der Waals surface area contributed by atoms with E-state index in [1.807, 2.05) is 24.3 Å². The van der Waals surface area contributed by atoms with Gasteiger partial charge in [-0.05, 0) is 31.2 Å². The zero-order valence-corrected chi connectivity index (χ0v) is 10.8. The zero-order chi connectivity index (χ0) is 13.0. The Morgan fingerprint density at radius 1 is 1.39 bits per heavy atom. The fourth-order valence-corrected chi connectivity index (χ4v) is 2.28. The minimum atomic E-state index is 0.106. The first-order valence-electron chi connectivity index (χ1n) is 6.12. The highest BCUT2D eigenvalue weighted by Gasteiger charge is 2.25. The predicted octanol–water partition coefficient (Wildman–Crippen LogP) is 1.80. The van der Waals surface area contributed by atoms with Crippen LogP contribution in [0.4, 0.5) is 5.69 Å². The molecule has 1 aromatic carbocycles. The molecule has 0 saturated carbocycles. The van der Waals surface area contributed by atoms with E-state index >= 15 is 0 Å². The molecule has 4 heteroatoms. The molecule has 1 aromatic rings. The molecule has 2 rings (SSSR count). The second-order valence-electron chi connectivity index (χ2n) is 4.59. The lowest BCUT2D eigenvalue weighted by atomic mass is 10.1. The molecule has 0 aliphatic carbocycles. The Morgan fingerprint density at radius 2 is 2.11 bits per heavy atom. The molecule has 0 aromatic heterocycles. The van der Waals surface area contributed by atoms with E-state index in [9.17, 15) is 0 Å². The molecule has 96 valence electrons. The molecular weight excluding hydrogens is 228 g/mol. The van der Waals surface area contributed by atoms with Crippen molar-refractivity contribution in [2.45, 2.75) is 19.1 Å². The highest BCUT2D eigenvalue weighted by Crippen LogP contribution is 2.20. The van der Waals surface area contributed by atoms with Gasteiger partial charge in [0.05, 0.1) is 30.4 Å². The van der Waals surface area contributed by atoms with Gasteiger partial charge < -0.3 is 14.4 Å². The van der Waals surface area contributed by atoms with Gasteiger partial charge in [-0.2, -0.15) is 5.26 Å². The van der Waals surface area contributed by atoms with Crippen LogP contribution in [-0.2, 0) is 9.47 Å². The maximum Gasteiger partial charge on any atom is 0.0991 e. The third kappa shape index (κ3) is 3.00. The fraction of sp³-hybridized carbons (Fsp3) is 0.500. The summed E-state index contributed by atoms with van der Waals surface area (Å²) in [4.78, 5) is 2.28. The zero-order valence-electron chi connectivity index (χ0n) is 10.8. The van der Waals surface area contributed by atoms with Crippen molar-refractivity contribution in [3.05, 3.63) is 29.8 Å². The van der Waals surface area contributed by atoms with E-state index in [0.717, 1.165) is 18.8 Å². The topological polar surface area (TPSA) is 45.5 Å². The van der Waals surface area contributed by atoms with Crippen molar-refractivity contribution in [3.63, 3.8) is 0 Å². The first-order valence-corrected chi connectivity index (χ1v) is 6.12. The highest BCUT2D eigenvalue weighted by molar-refractivity contribution is 5.50. The van der Waals surface area contributed by atoms with Crippen molar-refractivity contribution in [1.29, 1.82) is 5.26 Å². The molecule has 0 amide bonds. The Balaban J connectivity index is 2.08. The summed E-state index contributed by atoms with van der Waals surface area (Å²) in [6, 6.07) is 9.80. The Kier molecular flexibility index (Phi) is 4.19. The molecule has 1 aliphatic heterocycles. The summed E-state index contributed by atoms with van der Waals surface area (Å²) < 4.78 is 11.0. The molecule has 2 unspecified atom stereocenters. The molecule has 0 radical (unpaired) electrons. The molecule has 0 N–H and O–H groups in total. The fourth-order valence-electron chi connectivity index (χ4n) is 2.28. The number of hydrogen-bond acceptors (Lipinski definition) is 4. The van der Waals surface area contributed by atoms with E-state index in [2.05, 4.69) is 17.9 Å². The predicted molar refractivity (Wildman–Crippen MR) is 69.6 cm³/mol. The number of rotatable bonds is 3. The number of nitriles is 1. The van der Waals surface area contributed by atoms with Gasteiger partial charge in [0.1, 0.15) is 0 Å². The minimum absolute atomic E-state index is 0.106. The van der Waals surface area contributed by atoms with Gasteiger partial charge in [0.25, 0.3) is 0 Å². The maximum atomic E-state index is 8.79. The van der Waals surface area contributed by atoms with Gasteiger partial charge in [-0.15, -0.1) is 0 Å². The summed E-state index contributed by atoms with van der Waals surface area (Å²) in [5, 5.41) is 8.79. The van der Waals surface area contributed by atoms with Crippen molar-refractivity contribution in [3.8, 4) is 6.07 Å². The van der Waals surface area contributed by atoms with Crippen LogP contribution in [0.15, 0.2) is 24.3 Å². The number of benzene rings is 1. The third-order valence-corrected chi connectivity index (χ3v) is 3.04. The van der Waals surface area contributed by atoms with Crippen molar-refractivity contribution in [2.75, 3.05) is 31.7 Å². The minimum Gasteiger partial charge on any atom is -0.382 e. The van der Waals surface area contributed by atoms with Gasteiger partial charge in [0, 0.05) is 25.9 Å². The highest BCUT2D eigenvalue weighted by atomic mass is 16.5. The van der Waals surface area contributed by atoms with Crippen molar-refractivity contribution in [2.24, 2.45) is 0 Å². The standard InChI is InChI=1S/C14H18N2O2/c1-11-8-16(9-14(18-11)10-17-2)13-5-3-12(7-15)4-6-13/h3-6,11,14H,8-10H2,1-2H3. The Hall–Kier alpha value is -1.57. The molecule has 0 bridgehead atoms. The maximum absolute atomic E-state index is 8.79. The quantitative estimate of drug-likeness (QED) is 0.815. The van der Waals surface area contributed by atoms with Crippen molar-refractivity contribution >= 4 is 5.69 Å². The number of nitrogens with zero attached hydrogens (tertiary/aromatic N) is 2. The van der Waals surface area contributed by atoms with Crippen LogP contribution in [-0.4, -0.2) is 39.0 Å². The summed E-state index contributed by atoms with van der Waals surface area (Å²) in [5.41, 5.74) is 1.82. The SMILES string of the molecule is COCC1CN(c2ccc(C#N)cc2)CC(C)O1. The molecule has 2 atom stereocenters. The van der Waals surface area contributed by atoms with Gasteiger partial charge in [-0.3, -0.25) is 0 Å². The largest absolute Gasteiger partial charge is 0.382 e. The van der Waals surface area contributed by atoms with Crippen LogP contribution >= 0.6 is 0 Å². The van der Waals surface area contributed by atoms with Gasteiger partial charge in [0.2, 0.25) is 0 Å². The van der Waals surface area contributed by atoms with E-state index in [1.165, 1.54) is 0 Å². The third-order valence-electron chi connectivity index (χ3n) is 3.04. The van der Waals surface area contributed by atoms with E-state index in [1.54, 1.807) is 7.11 Å². The molecule has 1 saturated heterocycles. The monoisotopic (exact) mass is 246 g/mol. The second kappa shape index (κ2) is 5.85. The smallest absolute Gasteiger partial charge is 0.0991 e. The second-order valence-corrected chi connectivity index (χ2v) is 4.59. The molecule has 0 spiro atoms. The summed E-state index contributed by atoms with van der Waals surface area (Å²) in [6.07, 6.45) is 0.295. The first-order chi connectivity index (χ1) is 8.72. The van der Waals surface area contributed by atoms with Gasteiger partial charge in [-0.25, -0.2) is 0 Å². The first kappa shape index (κ1) is 12.9. The number of methoxy groups -OCH3 is 1. The van der Waals surface area contributed by atoms with Crippen LogP contribution in [0.5, 0.6) is 0 Å². The average molecular weight is 246 g/mol. The summed E-state index contributed by atoms with van der Waals surface area (Å²) in [5.74, 6) is 0. The van der Waals surface area contributed by atoms with Gasteiger partial charge >= 0.3 is 0 Å². The lowest BCUT2D eigenvalue weighted by Gasteiger charge is -2.38. The van der Waals surface area contributed by atoms with Crippen LogP contribution in [0.3, 0.4) is 0 Å². The van der Waals surface area contributed by atoms with Crippen LogP contribution in [0.1, 0.15) is 12.5 Å². The molecule has 1 heterocycles. The lowest BCUT2D eigenvalue weighted by molar-refractivity contribution is -0.0510. The molecular formula is C14H18N2O2. The molecule has 1 fully saturated rings. The number of ether oxygens (including phenoxy) is 2. The van der Waals surface area contributed by atoms with E-state index in [0.29, 0.717) is 12.2 Å².